The Balaban J connectivity index is 1.88. The van der Waals surface area contributed by atoms with E-state index in [4.69, 9.17) is 11.6 Å². The minimum Gasteiger partial charge on any atom is -0.337 e. The molecule has 0 radical (unpaired) electrons. The number of hydrogen-bond donors (Lipinski definition) is 0. The number of rotatable bonds is 1. The maximum Gasteiger partial charge on any atom is 0.252 e. The zero-order chi connectivity index (χ0) is 13.9. The Bertz CT molecular complexity index is 581. The Morgan fingerprint density at radius 2 is 2.05 bits per heavy atom. The number of fused-ring (bicyclic) bond motifs is 1. The highest BCUT2D eigenvalue weighted by Crippen LogP contribution is 2.53. The zero-order valence-electron chi connectivity index (χ0n) is 11.5. The summed E-state index contributed by atoms with van der Waals surface area (Å²) in [7, 11) is 1.81. The van der Waals surface area contributed by atoms with Gasteiger partial charge in [0.1, 0.15) is 11.2 Å². The van der Waals surface area contributed by atoms with E-state index >= 15 is 0 Å². The predicted octanol–water partition coefficient (Wildman–Crippen LogP) is 2.39. The fourth-order valence-corrected chi connectivity index (χ4v) is 3.87. The van der Waals surface area contributed by atoms with Crippen molar-refractivity contribution in [2.75, 3.05) is 16.8 Å². The van der Waals surface area contributed by atoms with E-state index in [1.165, 1.54) is 12.8 Å². The number of carbonyl (C=O) groups excluding carboxylic acids is 1. The molecular weight excluding hydrogens is 276 g/mol. The molecule has 106 valence electrons. The average molecular weight is 293 g/mol. The van der Waals surface area contributed by atoms with E-state index in [2.05, 4.69) is 14.9 Å². The predicted molar refractivity (Wildman–Crippen MR) is 77.2 cm³/mol. The molecule has 2 aliphatic carbocycles. The number of hydrogen-bond acceptors (Lipinski definition) is 4. The van der Waals surface area contributed by atoms with Crippen LogP contribution in [0.2, 0.25) is 5.28 Å². The second kappa shape index (κ2) is 4.07. The van der Waals surface area contributed by atoms with Crippen LogP contribution in [0.3, 0.4) is 0 Å². The van der Waals surface area contributed by atoms with Crippen LogP contribution in [0.1, 0.15) is 38.5 Å². The lowest BCUT2D eigenvalue weighted by molar-refractivity contribution is -0.121. The summed E-state index contributed by atoms with van der Waals surface area (Å²) in [5, 5.41) is 0.255. The fourth-order valence-electron chi connectivity index (χ4n) is 3.74. The van der Waals surface area contributed by atoms with Gasteiger partial charge in [-0.1, -0.05) is 12.8 Å². The Kier molecular flexibility index (Phi) is 2.52. The van der Waals surface area contributed by atoms with Gasteiger partial charge in [-0.25, -0.2) is 4.98 Å². The Morgan fingerprint density at radius 3 is 2.70 bits per heavy atom. The third-order valence-electron chi connectivity index (χ3n) is 4.89. The van der Waals surface area contributed by atoms with Crippen LogP contribution in [0, 0.1) is 0 Å². The van der Waals surface area contributed by atoms with Crippen LogP contribution in [0.15, 0.2) is 6.20 Å². The van der Waals surface area contributed by atoms with E-state index in [1.54, 1.807) is 11.1 Å². The molecule has 1 spiro atoms. The lowest BCUT2D eigenvalue weighted by atomic mass is 10.0. The molecule has 1 aromatic rings. The van der Waals surface area contributed by atoms with E-state index in [0.717, 1.165) is 37.2 Å². The summed E-state index contributed by atoms with van der Waals surface area (Å²) in [6.45, 7) is 0. The molecule has 20 heavy (non-hydrogen) atoms. The molecule has 0 aromatic carbocycles. The van der Waals surface area contributed by atoms with Crippen molar-refractivity contribution < 1.29 is 4.79 Å². The van der Waals surface area contributed by atoms with Crippen molar-refractivity contribution in [3.8, 4) is 0 Å². The van der Waals surface area contributed by atoms with Crippen molar-refractivity contribution in [1.82, 2.24) is 9.97 Å². The first-order valence-corrected chi connectivity index (χ1v) is 7.61. The van der Waals surface area contributed by atoms with Crippen LogP contribution in [0.25, 0.3) is 0 Å². The van der Waals surface area contributed by atoms with Crippen molar-refractivity contribution in [3.63, 3.8) is 0 Å². The highest BCUT2D eigenvalue weighted by molar-refractivity contribution is 6.28. The lowest BCUT2D eigenvalue weighted by Crippen LogP contribution is -2.58. The molecule has 1 aliphatic heterocycles. The topological polar surface area (TPSA) is 49.3 Å². The molecule has 3 aliphatic rings. The van der Waals surface area contributed by atoms with Crippen LogP contribution < -0.4 is 9.80 Å². The monoisotopic (exact) mass is 292 g/mol. The molecule has 0 saturated heterocycles. The number of halogens is 1. The zero-order valence-corrected chi connectivity index (χ0v) is 12.2. The quantitative estimate of drug-likeness (QED) is 0.746. The number of anilines is 2. The molecular formula is C14H17ClN4O. The van der Waals surface area contributed by atoms with Gasteiger partial charge in [0.15, 0.2) is 5.82 Å². The summed E-state index contributed by atoms with van der Waals surface area (Å²) in [6.07, 6.45) is 8.26. The van der Waals surface area contributed by atoms with Gasteiger partial charge in [-0.05, 0) is 37.3 Å². The van der Waals surface area contributed by atoms with E-state index in [-0.39, 0.29) is 16.7 Å². The molecule has 0 atom stereocenters. The van der Waals surface area contributed by atoms with Crippen molar-refractivity contribution in [2.45, 2.75) is 50.1 Å². The van der Waals surface area contributed by atoms with E-state index < -0.39 is 0 Å². The summed E-state index contributed by atoms with van der Waals surface area (Å²) >= 11 is 5.99. The van der Waals surface area contributed by atoms with Crippen molar-refractivity contribution >= 4 is 29.0 Å². The van der Waals surface area contributed by atoms with Gasteiger partial charge in [0.2, 0.25) is 5.28 Å². The maximum absolute atomic E-state index is 12.7. The van der Waals surface area contributed by atoms with Gasteiger partial charge in [0, 0.05) is 13.1 Å². The Hall–Kier alpha value is -1.36. The number of nitrogens with zero attached hydrogens (tertiary/aromatic N) is 4. The van der Waals surface area contributed by atoms with Crippen molar-refractivity contribution in [2.24, 2.45) is 0 Å². The molecule has 0 N–H and O–H groups in total. The summed E-state index contributed by atoms with van der Waals surface area (Å²) in [6, 6.07) is 0.417. The van der Waals surface area contributed by atoms with Crippen LogP contribution in [0.5, 0.6) is 0 Å². The SMILES string of the molecule is CN1C(=O)C2(CC2)N(C2CCCC2)c2nc(Cl)ncc21. The molecule has 5 nitrogen and oxygen atoms in total. The minimum atomic E-state index is -0.353. The third-order valence-corrected chi connectivity index (χ3v) is 5.07. The molecule has 4 rings (SSSR count). The molecule has 1 amide bonds. The van der Waals surface area contributed by atoms with E-state index in [1.807, 2.05) is 7.05 Å². The first-order valence-electron chi connectivity index (χ1n) is 7.23. The van der Waals surface area contributed by atoms with Gasteiger partial charge in [-0.2, -0.15) is 4.98 Å². The second-order valence-electron chi connectivity index (χ2n) is 6.05. The highest BCUT2D eigenvalue weighted by Gasteiger charge is 2.61. The molecule has 6 heteroatoms. The standard InChI is InChI=1S/C14H17ClN4O/c1-18-10-8-16-13(15)17-11(10)19(9-4-2-3-5-9)14(6-7-14)12(18)20/h8-9H,2-7H2,1H3. The van der Waals surface area contributed by atoms with Crippen LogP contribution in [-0.4, -0.2) is 34.5 Å². The average Bonchev–Trinajstić information content (AvgIpc) is 3.03. The normalized spacial score (nSPS) is 24.4. The van der Waals surface area contributed by atoms with Crippen molar-refractivity contribution in [1.29, 1.82) is 0 Å². The molecule has 1 aromatic heterocycles. The minimum absolute atomic E-state index is 0.183. The molecule has 2 heterocycles. The smallest absolute Gasteiger partial charge is 0.252 e. The van der Waals surface area contributed by atoms with Crippen LogP contribution in [0.4, 0.5) is 11.5 Å². The van der Waals surface area contributed by atoms with Crippen molar-refractivity contribution in [3.05, 3.63) is 11.5 Å². The Morgan fingerprint density at radius 1 is 1.35 bits per heavy atom. The van der Waals surface area contributed by atoms with Gasteiger partial charge in [-0.3, -0.25) is 4.79 Å². The Labute approximate surface area is 122 Å². The van der Waals surface area contributed by atoms with Crippen LogP contribution >= 0.6 is 11.6 Å². The molecule has 2 fully saturated rings. The van der Waals surface area contributed by atoms with Crippen LogP contribution in [-0.2, 0) is 4.79 Å². The van der Waals surface area contributed by atoms with Gasteiger partial charge in [0.05, 0.1) is 6.20 Å². The molecule has 0 unspecified atom stereocenters. The van der Waals surface area contributed by atoms with E-state index in [0.29, 0.717) is 6.04 Å². The highest BCUT2D eigenvalue weighted by atomic mass is 35.5. The maximum atomic E-state index is 12.7. The summed E-state index contributed by atoms with van der Waals surface area (Å²) in [5.74, 6) is 1.03. The first kappa shape index (κ1) is 12.4. The largest absolute Gasteiger partial charge is 0.337 e. The second-order valence-corrected chi connectivity index (χ2v) is 6.39. The number of likely N-dealkylation sites (N-methyl/N-ethyl adjacent to an activating group) is 1. The molecule has 0 bridgehead atoms. The molecule has 2 saturated carbocycles. The number of aromatic nitrogens is 2. The number of carbonyl (C=O) groups is 1. The van der Waals surface area contributed by atoms with Gasteiger partial charge >= 0.3 is 0 Å². The summed E-state index contributed by atoms with van der Waals surface area (Å²) < 4.78 is 0. The van der Waals surface area contributed by atoms with Gasteiger partial charge in [-0.15, -0.1) is 0 Å². The number of amides is 1. The summed E-state index contributed by atoms with van der Waals surface area (Å²) in [4.78, 5) is 25.2. The fraction of sp³-hybridized carbons (Fsp3) is 0.643. The van der Waals surface area contributed by atoms with E-state index in [9.17, 15) is 4.79 Å². The first-order chi connectivity index (χ1) is 9.63. The van der Waals surface area contributed by atoms with Gasteiger partial charge in [0.25, 0.3) is 5.91 Å². The summed E-state index contributed by atoms with van der Waals surface area (Å²) in [5.41, 5.74) is 0.429. The third kappa shape index (κ3) is 1.53. The van der Waals surface area contributed by atoms with Gasteiger partial charge < -0.3 is 9.80 Å². The lowest BCUT2D eigenvalue weighted by Gasteiger charge is -2.44.